The molecule has 0 aliphatic carbocycles. The number of halogens is 3. The fourth-order valence-corrected chi connectivity index (χ4v) is 3.01. The highest BCUT2D eigenvalue weighted by Crippen LogP contribution is 2.32. The summed E-state index contributed by atoms with van der Waals surface area (Å²) in [7, 11) is 1.23. The van der Waals surface area contributed by atoms with Crippen molar-refractivity contribution in [2.24, 2.45) is 0 Å². The first kappa shape index (κ1) is 20.4. The first-order valence-corrected chi connectivity index (χ1v) is 8.84. The molecule has 1 aliphatic rings. The van der Waals surface area contributed by atoms with Crippen LogP contribution in [0, 0.1) is 11.3 Å². The van der Waals surface area contributed by atoms with Gasteiger partial charge in [-0.15, -0.1) is 10.2 Å². The Balaban J connectivity index is 1.92. The van der Waals surface area contributed by atoms with Gasteiger partial charge in [0.2, 0.25) is 0 Å². The molecule has 0 unspecified atom stereocenters. The number of nitriles is 1. The second-order valence-corrected chi connectivity index (χ2v) is 6.37. The number of allylic oxidation sites excluding steroid dienone is 1. The van der Waals surface area contributed by atoms with Crippen molar-refractivity contribution < 1.29 is 27.4 Å². The zero-order valence-electron chi connectivity index (χ0n) is 15.5. The molecule has 0 N–H and O–H groups in total. The van der Waals surface area contributed by atoms with E-state index in [-0.39, 0.29) is 17.1 Å². The maximum absolute atomic E-state index is 12.4. The summed E-state index contributed by atoms with van der Waals surface area (Å²) in [5, 5.41) is 17.9. The lowest BCUT2D eigenvalue weighted by molar-refractivity contribution is -0.189. The lowest BCUT2D eigenvalue weighted by Gasteiger charge is -2.11. The lowest BCUT2D eigenvalue weighted by Crippen LogP contribution is -2.28. The minimum absolute atomic E-state index is 0.0753. The number of hydrogen-bond donors (Lipinski definition) is 0. The highest BCUT2D eigenvalue weighted by atomic mass is 19.4. The second-order valence-electron chi connectivity index (χ2n) is 6.37. The third-order valence-corrected chi connectivity index (χ3v) is 4.40. The first-order valence-electron chi connectivity index (χ1n) is 8.84. The molecule has 3 rings (SSSR count). The molecule has 0 radical (unpaired) electrons. The average Bonchev–Trinajstić information content (AvgIpc) is 2.93. The van der Waals surface area contributed by atoms with E-state index in [9.17, 15) is 23.2 Å². The molecule has 0 bridgehead atoms. The van der Waals surface area contributed by atoms with Crippen LogP contribution in [0.5, 0.6) is 11.5 Å². The Labute approximate surface area is 164 Å². The van der Waals surface area contributed by atoms with Gasteiger partial charge in [-0.25, -0.2) is 4.79 Å². The lowest BCUT2D eigenvalue weighted by atomic mass is 10.1. The molecule has 0 saturated heterocycles. The monoisotopic (exact) mass is 406 g/mol. The minimum Gasteiger partial charge on any atom is -0.493 e. The van der Waals surface area contributed by atoms with E-state index in [0.29, 0.717) is 17.9 Å². The molecule has 10 heteroatoms. The van der Waals surface area contributed by atoms with Gasteiger partial charge in [0.05, 0.1) is 12.7 Å². The summed E-state index contributed by atoms with van der Waals surface area (Å²) in [6.45, 7) is 0.715. The van der Waals surface area contributed by atoms with Gasteiger partial charge in [0.15, 0.2) is 17.3 Å². The number of ether oxygens (including phenoxy) is 2. The summed E-state index contributed by atoms with van der Waals surface area (Å²) in [5.74, 6) is -1.53. The van der Waals surface area contributed by atoms with Crippen molar-refractivity contribution in [1.29, 1.82) is 5.26 Å². The predicted octanol–water partition coefficient (Wildman–Crippen LogP) is 3.54. The molecule has 7 nitrogen and oxygen atoms in total. The largest absolute Gasteiger partial charge is 0.493 e. The van der Waals surface area contributed by atoms with Gasteiger partial charge >= 0.3 is 12.1 Å². The number of esters is 1. The third-order valence-electron chi connectivity index (χ3n) is 4.40. The highest BCUT2D eigenvalue weighted by molar-refractivity contribution is 5.87. The molecule has 152 valence electrons. The number of hydrogen-bond acceptors (Lipinski definition) is 6. The predicted molar refractivity (Wildman–Crippen MR) is 95.7 cm³/mol. The van der Waals surface area contributed by atoms with Gasteiger partial charge in [-0.1, -0.05) is 12.5 Å². The fourth-order valence-electron chi connectivity index (χ4n) is 3.01. The van der Waals surface area contributed by atoms with Crippen LogP contribution >= 0.6 is 0 Å². The van der Waals surface area contributed by atoms with Crippen molar-refractivity contribution >= 4 is 17.6 Å². The van der Waals surface area contributed by atoms with E-state index in [1.54, 1.807) is 0 Å². The number of nitrogens with zero attached hydrogens (tertiary/aromatic N) is 4. The van der Waals surface area contributed by atoms with Gasteiger partial charge in [0, 0.05) is 13.0 Å². The Morgan fingerprint density at radius 2 is 2.03 bits per heavy atom. The molecular formula is C19H17F3N4O3. The molecular weight excluding hydrogens is 389 g/mol. The molecule has 0 saturated carbocycles. The van der Waals surface area contributed by atoms with Crippen molar-refractivity contribution in [1.82, 2.24) is 14.8 Å². The summed E-state index contributed by atoms with van der Waals surface area (Å²) in [5.41, 5.74) is 0.726. The maximum Gasteiger partial charge on any atom is 0.491 e. The van der Waals surface area contributed by atoms with Crippen molar-refractivity contribution in [2.75, 3.05) is 7.11 Å². The smallest absolute Gasteiger partial charge is 0.491 e. The molecule has 0 amide bonds. The van der Waals surface area contributed by atoms with Crippen LogP contribution in [0.1, 0.15) is 36.5 Å². The Hall–Kier alpha value is -3.35. The Bertz CT molecular complexity index is 990. The maximum atomic E-state index is 12.4. The first-order chi connectivity index (χ1) is 13.8. The fraction of sp³-hybridized carbons (Fsp3) is 0.368. The zero-order chi connectivity index (χ0) is 21.0. The number of aromatic nitrogens is 3. The second kappa shape index (κ2) is 8.34. The van der Waals surface area contributed by atoms with E-state index < -0.39 is 12.1 Å². The zero-order valence-corrected chi connectivity index (χ0v) is 15.5. The molecule has 1 aromatic heterocycles. The summed E-state index contributed by atoms with van der Waals surface area (Å²) in [4.78, 5) is 11.1. The number of methoxy groups -OCH3 is 1. The van der Waals surface area contributed by atoms with Gasteiger partial charge in [-0.2, -0.15) is 18.4 Å². The Morgan fingerprint density at radius 3 is 2.72 bits per heavy atom. The van der Waals surface area contributed by atoms with Gasteiger partial charge in [0.25, 0.3) is 0 Å². The van der Waals surface area contributed by atoms with E-state index in [1.165, 1.54) is 31.4 Å². The van der Waals surface area contributed by atoms with Gasteiger partial charge < -0.3 is 14.0 Å². The number of benzene rings is 1. The SMILES string of the molecule is COc1cc(C=C(C#N)c2nnc3n2CCCCC3)ccc1OC(=O)C(F)(F)F. The molecule has 0 atom stereocenters. The molecule has 1 aliphatic heterocycles. The van der Waals surface area contributed by atoms with Crippen LogP contribution in [-0.2, 0) is 17.8 Å². The summed E-state index contributed by atoms with van der Waals surface area (Å²) < 4.78 is 48.5. The van der Waals surface area contributed by atoms with Gasteiger partial charge in [-0.3, -0.25) is 0 Å². The van der Waals surface area contributed by atoms with Crippen molar-refractivity contribution in [3.63, 3.8) is 0 Å². The third kappa shape index (κ3) is 4.56. The average molecular weight is 406 g/mol. The minimum atomic E-state index is -5.12. The Morgan fingerprint density at radius 1 is 1.24 bits per heavy atom. The van der Waals surface area contributed by atoms with Crippen molar-refractivity contribution in [3.05, 3.63) is 35.4 Å². The summed E-state index contributed by atoms with van der Waals surface area (Å²) in [6.07, 6.45) is 0.245. The summed E-state index contributed by atoms with van der Waals surface area (Å²) in [6, 6.07) is 6.05. The quantitative estimate of drug-likeness (QED) is 0.438. The number of carbonyl (C=O) groups excluding carboxylic acids is 1. The van der Waals surface area contributed by atoms with Crippen LogP contribution in [0.15, 0.2) is 18.2 Å². The summed E-state index contributed by atoms with van der Waals surface area (Å²) >= 11 is 0. The number of rotatable bonds is 4. The molecule has 29 heavy (non-hydrogen) atoms. The van der Waals surface area contributed by atoms with E-state index >= 15 is 0 Å². The molecule has 1 aromatic carbocycles. The van der Waals surface area contributed by atoms with Crippen molar-refractivity contribution in [3.8, 4) is 17.6 Å². The number of carbonyl (C=O) groups is 1. The van der Waals surface area contributed by atoms with Gasteiger partial charge in [0.1, 0.15) is 11.9 Å². The molecule has 0 fully saturated rings. The van der Waals surface area contributed by atoms with E-state index in [1.807, 2.05) is 4.57 Å². The van der Waals surface area contributed by atoms with E-state index in [4.69, 9.17) is 4.74 Å². The molecule has 2 heterocycles. The van der Waals surface area contributed by atoms with Crippen molar-refractivity contribution in [2.45, 2.75) is 38.4 Å². The van der Waals surface area contributed by atoms with Crippen LogP contribution in [0.25, 0.3) is 11.6 Å². The van der Waals surface area contributed by atoms with Crippen LogP contribution in [0.4, 0.5) is 13.2 Å². The van der Waals surface area contributed by atoms with E-state index in [2.05, 4.69) is 21.0 Å². The van der Waals surface area contributed by atoms with Crippen LogP contribution in [0.2, 0.25) is 0 Å². The number of fused-ring (bicyclic) bond motifs is 1. The van der Waals surface area contributed by atoms with E-state index in [0.717, 1.165) is 31.5 Å². The topological polar surface area (TPSA) is 90.0 Å². The Kier molecular flexibility index (Phi) is 5.87. The van der Waals surface area contributed by atoms with Gasteiger partial charge in [-0.05, 0) is 36.6 Å². The van der Waals surface area contributed by atoms with Crippen LogP contribution in [-0.4, -0.2) is 34.0 Å². The van der Waals surface area contributed by atoms with Crippen LogP contribution in [0.3, 0.4) is 0 Å². The molecule has 2 aromatic rings. The number of alkyl halides is 3. The normalized spacial score (nSPS) is 14.5. The standard InChI is InChI=1S/C19H17F3N4O3/c1-28-15-10-12(6-7-14(15)29-18(27)19(20,21)22)9-13(11-23)17-25-24-16-5-3-2-4-8-26(16)17/h6-7,9-10H,2-5,8H2,1H3. The van der Waals surface area contributed by atoms with Crippen LogP contribution < -0.4 is 9.47 Å². The highest BCUT2D eigenvalue weighted by Gasteiger charge is 2.41. The molecule has 0 spiro atoms. The number of aryl methyl sites for hydroxylation is 1.